The molecule has 3 aromatic rings. The van der Waals surface area contributed by atoms with Crippen LogP contribution >= 0.6 is 0 Å². The first-order chi connectivity index (χ1) is 11.7. The third-order valence-electron chi connectivity index (χ3n) is 4.02. The summed E-state index contributed by atoms with van der Waals surface area (Å²) in [4.78, 5) is 15.9. The molecule has 0 radical (unpaired) electrons. The summed E-state index contributed by atoms with van der Waals surface area (Å²) in [6, 6.07) is 19.6. The number of carboxylic acids is 1. The average molecular weight is 321 g/mol. The SMILES string of the molecule is CCC(Cc1nc(-c2ccccc2)c(-c2ccccc2)o1)C(=O)O. The highest BCUT2D eigenvalue weighted by atomic mass is 16.4. The van der Waals surface area contributed by atoms with E-state index < -0.39 is 11.9 Å². The Labute approximate surface area is 140 Å². The topological polar surface area (TPSA) is 63.3 Å². The molecule has 3 rings (SSSR count). The van der Waals surface area contributed by atoms with Crippen LogP contribution in [0.25, 0.3) is 22.6 Å². The van der Waals surface area contributed by atoms with Crippen molar-refractivity contribution >= 4 is 5.97 Å². The summed E-state index contributed by atoms with van der Waals surface area (Å²) in [5, 5.41) is 9.28. The molecule has 0 aliphatic rings. The minimum absolute atomic E-state index is 0.290. The number of aliphatic carboxylic acids is 1. The third kappa shape index (κ3) is 3.38. The second-order valence-corrected chi connectivity index (χ2v) is 5.66. The Kier molecular flexibility index (Phi) is 4.75. The molecule has 1 N–H and O–H groups in total. The van der Waals surface area contributed by atoms with Crippen molar-refractivity contribution in [3.63, 3.8) is 0 Å². The number of aromatic nitrogens is 1. The van der Waals surface area contributed by atoms with Gasteiger partial charge >= 0.3 is 5.97 Å². The van der Waals surface area contributed by atoms with Crippen LogP contribution in [0.4, 0.5) is 0 Å². The van der Waals surface area contributed by atoms with Gasteiger partial charge in [0, 0.05) is 17.5 Å². The third-order valence-corrected chi connectivity index (χ3v) is 4.02. The Hall–Kier alpha value is -2.88. The predicted molar refractivity (Wildman–Crippen MR) is 92.5 cm³/mol. The van der Waals surface area contributed by atoms with Crippen LogP contribution in [-0.4, -0.2) is 16.1 Å². The normalized spacial score (nSPS) is 12.0. The first-order valence-electron chi connectivity index (χ1n) is 8.02. The number of hydrogen-bond donors (Lipinski definition) is 1. The number of carboxylic acid groups (broad SMARTS) is 1. The maximum atomic E-state index is 11.3. The summed E-state index contributed by atoms with van der Waals surface area (Å²) in [6.07, 6.45) is 0.831. The maximum Gasteiger partial charge on any atom is 0.307 e. The van der Waals surface area contributed by atoms with E-state index >= 15 is 0 Å². The van der Waals surface area contributed by atoms with Crippen molar-refractivity contribution in [2.24, 2.45) is 5.92 Å². The summed E-state index contributed by atoms with van der Waals surface area (Å²) < 4.78 is 5.96. The number of rotatable bonds is 6. The lowest BCUT2D eigenvalue weighted by atomic mass is 10.0. The first-order valence-corrected chi connectivity index (χ1v) is 8.02. The molecule has 0 bridgehead atoms. The van der Waals surface area contributed by atoms with Gasteiger partial charge in [0.2, 0.25) is 0 Å². The predicted octanol–water partition coefficient (Wildman–Crippen LogP) is 4.66. The highest BCUT2D eigenvalue weighted by Gasteiger charge is 2.22. The molecule has 122 valence electrons. The van der Waals surface area contributed by atoms with Gasteiger partial charge in [-0.2, -0.15) is 0 Å². The Morgan fingerprint density at radius 1 is 1.04 bits per heavy atom. The molecule has 4 heteroatoms. The van der Waals surface area contributed by atoms with Gasteiger partial charge in [-0.15, -0.1) is 0 Å². The highest BCUT2D eigenvalue weighted by molar-refractivity contribution is 5.77. The van der Waals surface area contributed by atoms with Gasteiger partial charge in [-0.05, 0) is 6.42 Å². The van der Waals surface area contributed by atoms with Gasteiger partial charge < -0.3 is 9.52 Å². The molecule has 0 aliphatic heterocycles. The molecule has 2 aromatic carbocycles. The largest absolute Gasteiger partial charge is 0.481 e. The molecule has 0 saturated carbocycles. The molecule has 1 atom stereocenters. The molecule has 1 heterocycles. The van der Waals surface area contributed by atoms with Crippen molar-refractivity contribution in [1.29, 1.82) is 0 Å². The van der Waals surface area contributed by atoms with Gasteiger partial charge in [0.05, 0.1) is 5.92 Å². The monoisotopic (exact) mass is 321 g/mol. The molecule has 24 heavy (non-hydrogen) atoms. The van der Waals surface area contributed by atoms with Gasteiger partial charge in [-0.25, -0.2) is 4.98 Å². The molecule has 4 nitrogen and oxygen atoms in total. The zero-order valence-corrected chi connectivity index (χ0v) is 13.5. The lowest BCUT2D eigenvalue weighted by molar-refractivity contribution is -0.141. The van der Waals surface area contributed by atoms with Gasteiger partial charge in [0.15, 0.2) is 11.7 Å². The Balaban J connectivity index is 2.05. The number of benzene rings is 2. The molecular weight excluding hydrogens is 302 g/mol. The first kappa shape index (κ1) is 16.0. The van der Waals surface area contributed by atoms with Gasteiger partial charge in [-0.1, -0.05) is 67.6 Å². The Bertz CT molecular complexity index is 752. The molecule has 0 fully saturated rings. The van der Waals surface area contributed by atoms with Crippen LogP contribution in [0.2, 0.25) is 0 Å². The van der Waals surface area contributed by atoms with Crippen molar-refractivity contribution in [1.82, 2.24) is 4.98 Å². The van der Waals surface area contributed by atoms with E-state index in [0.717, 1.165) is 16.8 Å². The summed E-state index contributed by atoms with van der Waals surface area (Å²) >= 11 is 0. The van der Waals surface area contributed by atoms with Gasteiger partial charge in [0.25, 0.3) is 0 Å². The number of nitrogens with zero attached hydrogens (tertiary/aromatic N) is 1. The van der Waals surface area contributed by atoms with Crippen molar-refractivity contribution < 1.29 is 14.3 Å². The van der Waals surface area contributed by atoms with E-state index in [0.29, 0.717) is 24.5 Å². The molecule has 1 aromatic heterocycles. The highest BCUT2D eigenvalue weighted by Crippen LogP contribution is 2.33. The minimum Gasteiger partial charge on any atom is -0.481 e. The fourth-order valence-electron chi connectivity index (χ4n) is 2.65. The maximum absolute atomic E-state index is 11.3. The second kappa shape index (κ2) is 7.13. The number of carbonyl (C=O) groups is 1. The zero-order chi connectivity index (χ0) is 16.9. The minimum atomic E-state index is -0.821. The van der Waals surface area contributed by atoms with Crippen LogP contribution in [0.1, 0.15) is 19.2 Å². The van der Waals surface area contributed by atoms with Crippen LogP contribution in [0.5, 0.6) is 0 Å². The van der Waals surface area contributed by atoms with Crippen molar-refractivity contribution in [3.8, 4) is 22.6 Å². The number of hydrogen-bond acceptors (Lipinski definition) is 3. The zero-order valence-electron chi connectivity index (χ0n) is 13.5. The van der Waals surface area contributed by atoms with E-state index in [1.165, 1.54) is 0 Å². The smallest absolute Gasteiger partial charge is 0.307 e. The van der Waals surface area contributed by atoms with E-state index in [-0.39, 0.29) is 0 Å². The molecule has 0 saturated heterocycles. The van der Waals surface area contributed by atoms with Crippen LogP contribution in [0.15, 0.2) is 65.1 Å². The Morgan fingerprint density at radius 3 is 2.17 bits per heavy atom. The van der Waals surface area contributed by atoms with Crippen molar-refractivity contribution in [3.05, 3.63) is 66.6 Å². The molecule has 0 aliphatic carbocycles. The fraction of sp³-hybridized carbons (Fsp3) is 0.200. The van der Waals surface area contributed by atoms with Crippen molar-refractivity contribution in [2.45, 2.75) is 19.8 Å². The summed E-state index contributed by atoms with van der Waals surface area (Å²) in [5.41, 5.74) is 2.63. The lowest BCUT2D eigenvalue weighted by Gasteiger charge is -2.05. The summed E-state index contributed by atoms with van der Waals surface area (Å²) in [7, 11) is 0. The standard InChI is InChI=1S/C20H19NO3/c1-2-14(20(22)23)13-17-21-18(15-9-5-3-6-10-15)19(24-17)16-11-7-4-8-12-16/h3-12,14H,2,13H2,1H3,(H,22,23). The van der Waals surface area contributed by atoms with E-state index in [1.54, 1.807) is 0 Å². The quantitative estimate of drug-likeness (QED) is 0.717. The van der Waals surface area contributed by atoms with Crippen molar-refractivity contribution in [2.75, 3.05) is 0 Å². The Morgan fingerprint density at radius 2 is 1.62 bits per heavy atom. The van der Waals surface area contributed by atoms with Gasteiger partial charge in [-0.3, -0.25) is 4.79 Å². The second-order valence-electron chi connectivity index (χ2n) is 5.66. The van der Waals surface area contributed by atoms with E-state index in [2.05, 4.69) is 4.98 Å². The van der Waals surface area contributed by atoms with Crippen LogP contribution in [-0.2, 0) is 11.2 Å². The van der Waals surface area contributed by atoms with E-state index in [1.807, 2.05) is 67.6 Å². The molecule has 0 amide bonds. The van der Waals surface area contributed by atoms with Crippen LogP contribution in [0.3, 0.4) is 0 Å². The lowest BCUT2D eigenvalue weighted by Crippen LogP contribution is -2.15. The molecular formula is C20H19NO3. The summed E-state index contributed by atoms with van der Waals surface area (Å²) in [6.45, 7) is 1.86. The van der Waals surface area contributed by atoms with E-state index in [4.69, 9.17) is 4.42 Å². The molecule has 1 unspecified atom stereocenters. The average Bonchev–Trinajstić information content (AvgIpc) is 3.05. The van der Waals surface area contributed by atoms with E-state index in [9.17, 15) is 9.90 Å². The summed E-state index contributed by atoms with van der Waals surface area (Å²) in [5.74, 6) is -0.173. The van der Waals surface area contributed by atoms with Gasteiger partial charge in [0.1, 0.15) is 5.69 Å². The van der Waals surface area contributed by atoms with Crippen LogP contribution in [0, 0.1) is 5.92 Å². The number of oxazole rings is 1. The van der Waals surface area contributed by atoms with Crippen LogP contribution < -0.4 is 0 Å². The fourth-order valence-corrected chi connectivity index (χ4v) is 2.65. The molecule has 0 spiro atoms.